The number of rotatable bonds is 9. The Labute approximate surface area is 120 Å². The molecule has 0 radical (unpaired) electrons. The minimum absolute atomic E-state index is 0.242. The third kappa shape index (κ3) is 6.27. The fourth-order valence-electron chi connectivity index (χ4n) is 3.30. The SMILES string of the molecule is CNC(C)(C)CC(C)(C)CCCCC1OC1C(C)C. The first-order chi connectivity index (χ1) is 8.67. The Hall–Kier alpha value is -0.0800. The first kappa shape index (κ1) is 17.0. The van der Waals surface area contributed by atoms with Crippen LogP contribution in [0.4, 0.5) is 0 Å². The molecule has 0 amide bonds. The molecular formula is C17H35NO. The van der Waals surface area contributed by atoms with E-state index in [1.807, 2.05) is 0 Å². The van der Waals surface area contributed by atoms with E-state index in [1.54, 1.807) is 0 Å². The van der Waals surface area contributed by atoms with Crippen molar-refractivity contribution >= 4 is 0 Å². The largest absolute Gasteiger partial charge is 0.369 e. The summed E-state index contributed by atoms with van der Waals surface area (Å²) in [6.07, 6.45) is 7.57. The van der Waals surface area contributed by atoms with Crippen LogP contribution >= 0.6 is 0 Å². The van der Waals surface area contributed by atoms with Gasteiger partial charge in [-0.1, -0.05) is 40.5 Å². The molecule has 1 aliphatic rings. The van der Waals surface area contributed by atoms with Crippen LogP contribution in [0.3, 0.4) is 0 Å². The third-order valence-corrected chi connectivity index (χ3v) is 4.47. The molecule has 2 heteroatoms. The lowest BCUT2D eigenvalue weighted by molar-refractivity contribution is 0.211. The number of epoxide rings is 1. The quantitative estimate of drug-likeness (QED) is 0.496. The molecule has 0 spiro atoms. The van der Waals surface area contributed by atoms with Crippen molar-refractivity contribution in [3.8, 4) is 0 Å². The van der Waals surface area contributed by atoms with Crippen molar-refractivity contribution in [1.29, 1.82) is 0 Å². The Morgan fingerprint density at radius 2 is 1.74 bits per heavy atom. The third-order valence-electron chi connectivity index (χ3n) is 4.47. The van der Waals surface area contributed by atoms with Crippen LogP contribution in [0.15, 0.2) is 0 Å². The molecule has 0 aromatic carbocycles. The summed E-state index contributed by atoms with van der Waals surface area (Å²) in [6.45, 7) is 13.9. The van der Waals surface area contributed by atoms with Gasteiger partial charge in [0.1, 0.15) is 0 Å². The molecule has 0 saturated carbocycles. The highest BCUT2D eigenvalue weighted by molar-refractivity contribution is 4.87. The molecule has 1 aliphatic heterocycles. The first-order valence-corrected chi connectivity index (χ1v) is 8.01. The zero-order valence-corrected chi connectivity index (χ0v) is 14.2. The molecule has 1 saturated heterocycles. The van der Waals surface area contributed by atoms with Crippen LogP contribution in [0.1, 0.15) is 73.6 Å². The summed E-state index contributed by atoms with van der Waals surface area (Å²) in [4.78, 5) is 0. The zero-order valence-electron chi connectivity index (χ0n) is 14.2. The van der Waals surface area contributed by atoms with Crippen LogP contribution in [0.2, 0.25) is 0 Å². The average molecular weight is 269 g/mol. The summed E-state index contributed by atoms with van der Waals surface area (Å²) in [6, 6.07) is 0. The molecular weight excluding hydrogens is 234 g/mol. The molecule has 2 atom stereocenters. The fraction of sp³-hybridized carbons (Fsp3) is 1.00. The Balaban J connectivity index is 2.15. The van der Waals surface area contributed by atoms with Crippen LogP contribution in [-0.4, -0.2) is 24.8 Å². The Bertz CT molecular complexity index is 270. The highest BCUT2D eigenvalue weighted by Gasteiger charge is 2.40. The molecule has 0 bridgehead atoms. The highest BCUT2D eigenvalue weighted by Crippen LogP contribution is 2.36. The summed E-state index contributed by atoms with van der Waals surface area (Å²) in [5.41, 5.74) is 0.667. The summed E-state index contributed by atoms with van der Waals surface area (Å²) < 4.78 is 5.70. The van der Waals surface area contributed by atoms with Crippen LogP contribution in [-0.2, 0) is 4.74 Å². The maximum Gasteiger partial charge on any atom is 0.0864 e. The number of hydrogen-bond donors (Lipinski definition) is 1. The van der Waals surface area contributed by atoms with Crippen molar-refractivity contribution in [1.82, 2.24) is 5.32 Å². The molecule has 1 heterocycles. The molecule has 1 N–H and O–H groups in total. The highest BCUT2D eigenvalue weighted by atomic mass is 16.6. The fourth-order valence-corrected chi connectivity index (χ4v) is 3.30. The summed E-state index contributed by atoms with van der Waals surface area (Å²) in [5, 5.41) is 3.41. The second kappa shape index (κ2) is 6.58. The maximum atomic E-state index is 5.70. The second-order valence-corrected chi connectivity index (χ2v) is 8.10. The Kier molecular flexibility index (Phi) is 5.88. The van der Waals surface area contributed by atoms with Crippen LogP contribution in [0, 0.1) is 11.3 Å². The van der Waals surface area contributed by atoms with Gasteiger partial charge in [0, 0.05) is 5.54 Å². The van der Waals surface area contributed by atoms with E-state index in [2.05, 4.69) is 53.9 Å². The van der Waals surface area contributed by atoms with Crippen molar-refractivity contribution in [3.63, 3.8) is 0 Å². The van der Waals surface area contributed by atoms with Crippen LogP contribution in [0.5, 0.6) is 0 Å². The molecule has 0 aromatic rings. The second-order valence-electron chi connectivity index (χ2n) is 8.10. The van der Waals surface area contributed by atoms with Crippen molar-refractivity contribution in [3.05, 3.63) is 0 Å². The Morgan fingerprint density at radius 1 is 1.11 bits per heavy atom. The smallest absolute Gasteiger partial charge is 0.0864 e. The van der Waals surface area contributed by atoms with E-state index in [9.17, 15) is 0 Å². The average Bonchev–Trinajstić information content (AvgIpc) is 3.02. The van der Waals surface area contributed by atoms with Gasteiger partial charge < -0.3 is 10.1 Å². The molecule has 19 heavy (non-hydrogen) atoms. The summed E-state index contributed by atoms with van der Waals surface area (Å²) in [7, 11) is 2.06. The lowest BCUT2D eigenvalue weighted by Crippen LogP contribution is -2.40. The number of nitrogens with one attached hydrogen (secondary N) is 1. The molecule has 1 fully saturated rings. The number of hydrogen-bond acceptors (Lipinski definition) is 2. The van der Waals surface area contributed by atoms with Crippen molar-refractivity contribution in [2.45, 2.75) is 91.4 Å². The van der Waals surface area contributed by atoms with Gasteiger partial charge in [-0.15, -0.1) is 0 Å². The van der Waals surface area contributed by atoms with E-state index in [0.717, 1.165) is 0 Å². The van der Waals surface area contributed by atoms with Crippen LogP contribution in [0.25, 0.3) is 0 Å². The maximum absolute atomic E-state index is 5.70. The summed E-state index contributed by atoms with van der Waals surface area (Å²) >= 11 is 0. The van der Waals surface area contributed by atoms with Crippen molar-refractivity contribution in [2.24, 2.45) is 11.3 Å². The first-order valence-electron chi connectivity index (χ1n) is 8.01. The van der Waals surface area contributed by atoms with E-state index in [1.165, 1.54) is 32.1 Å². The molecule has 114 valence electrons. The monoisotopic (exact) mass is 269 g/mol. The van der Waals surface area contributed by atoms with Gasteiger partial charge >= 0.3 is 0 Å². The van der Waals surface area contributed by atoms with E-state index in [0.29, 0.717) is 23.5 Å². The predicted molar refractivity (Wildman–Crippen MR) is 83.5 cm³/mol. The van der Waals surface area contributed by atoms with E-state index in [4.69, 9.17) is 4.74 Å². The van der Waals surface area contributed by atoms with Gasteiger partial charge in [-0.3, -0.25) is 0 Å². The molecule has 2 nitrogen and oxygen atoms in total. The van der Waals surface area contributed by atoms with E-state index in [-0.39, 0.29) is 5.54 Å². The van der Waals surface area contributed by atoms with Gasteiger partial charge in [-0.05, 0) is 51.5 Å². The topological polar surface area (TPSA) is 24.6 Å². The minimum atomic E-state index is 0.242. The Morgan fingerprint density at radius 3 is 2.21 bits per heavy atom. The molecule has 2 unspecified atom stereocenters. The number of unbranched alkanes of at least 4 members (excludes halogenated alkanes) is 1. The molecule has 1 rings (SSSR count). The van der Waals surface area contributed by atoms with Gasteiger partial charge in [-0.2, -0.15) is 0 Å². The van der Waals surface area contributed by atoms with Crippen molar-refractivity contribution < 1.29 is 4.74 Å². The predicted octanol–water partition coefficient (Wildman–Crippen LogP) is 4.38. The lowest BCUT2D eigenvalue weighted by Gasteiger charge is -2.35. The molecule has 0 aliphatic carbocycles. The zero-order chi connectivity index (χ0) is 14.7. The molecule has 0 aromatic heterocycles. The minimum Gasteiger partial charge on any atom is -0.369 e. The van der Waals surface area contributed by atoms with E-state index >= 15 is 0 Å². The van der Waals surface area contributed by atoms with Gasteiger partial charge in [0.2, 0.25) is 0 Å². The van der Waals surface area contributed by atoms with Crippen LogP contribution < -0.4 is 5.32 Å². The van der Waals surface area contributed by atoms with E-state index < -0.39 is 0 Å². The lowest BCUT2D eigenvalue weighted by atomic mass is 9.76. The van der Waals surface area contributed by atoms with Crippen molar-refractivity contribution in [2.75, 3.05) is 7.05 Å². The van der Waals surface area contributed by atoms with Gasteiger partial charge in [0.25, 0.3) is 0 Å². The number of ether oxygens (including phenoxy) is 1. The van der Waals surface area contributed by atoms with Gasteiger partial charge in [0.15, 0.2) is 0 Å². The van der Waals surface area contributed by atoms with Gasteiger partial charge in [0.05, 0.1) is 12.2 Å². The normalized spacial score (nSPS) is 24.0. The van der Waals surface area contributed by atoms with Gasteiger partial charge in [-0.25, -0.2) is 0 Å². The standard InChI is InChI=1S/C17H35NO/c1-13(2)15-14(19-15)10-8-9-11-16(3,4)12-17(5,6)18-7/h13-15,18H,8-12H2,1-7H3. The summed E-state index contributed by atoms with van der Waals surface area (Å²) in [5.74, 6) is 0.692.